The van der Waals surface area contributed by atoms with Crippen molar-refractivity contribution in [3.63, 3.8) is 0 Å². The smallest absolute Gasteiger partial charge is 0.225 e. The van der Waals surface area contributed by atoms with Crippen LogP contribution in [0.25, 0.3) is 0 Å². The molecule has 0 aromatic carbocycles. The Bertz CT molecular complexity index is 528. The lowest BCUT2D eigenvalue weighted by molar-refractivity contribution is -0.136. The van der Waals surface area contributed by atoms with Gasteiger partial charge in [-0.3, -0.25) is 9.59 Å². The number of nitrogens with zero attached hydrogens (tertiary/aromatic N) is 3. The Morgan fingerprint density at radius 3 is 2.48 bits per heavy atom. The van der Waals surface area contributed by atoms with E-state index < -0.39 is 0 Å². The fraction of sp³-hybridized carbons (Fsp3) is 0.750. The van der Waals surface area contributed by atoms with Crippen LogP contribution in [0.1, 0.15) is 52.3 Å². The Kier molecular flexibility index (Phi) is 5.38. The van der Waals surface area contributed by atoms with Gasteiger partial charge < -0.3 is 14.7 Å². The third-order valence-electron chi connectivity index (χ3n) is 4.25. The van der Waals surface area contributed by atoms with Gasteiger partial charge in [0.15, 0.2) is 5.82 Å². The van der Waals surface area contributed by atoms with E-state index in [-0.39, 0.29) is 29.2 Å². The molecule has 1 heterocycles. The van der Waals surface area contributed by atoms with E-state index in [4.69, 9.17) is 0 Å². The molecule has 1 N–H and O–H groups in total. The van der Waals surface area contributed by atoms with Gasteiger partial charge in [-0.1, -0.05) is 25.9 Å². The van der Waals surface area contributed by atoms with Gasteiger partial charge in [-0.2, -0.15) is 4.98 Å². The third-order valence-corrected chi connectivity index (χ3v) is 4.25. The minimum Gasteiger partial charge on any atom is -0.353 e. The molecule has 23 heavy (non-hydrogen) atoms. The summed E-state index contributed by atoms with van der Waals surface area (Å²) in [5.41, 5.74) is -0.378. The molecule has 1 aliphatic carbocycles. The maximum absolute atomic E-state index is 12.5. The number of aromatic nitrogens is 2. The first-order valence-corrected chi connectivity index (χ1v) is 8.08. The van der Waals surface area contributed by atoms with E-state index in [2.05, 4.69) is 20.0 Å². The Balaban J connectivity index is 1.79. The van der Waals surface area contributed by atoms with Crippen LogP contribution in [0.2, 0.25) is 0 Å². The number of hydrogen-bond acceptors (Lipinski definition) is 5. The second kappa shape index (κ2) is 7.10. The summed E-state index contributed by atoms with van der Waals surface area (Å²) >= 11 is 0. The van der Waals surface area contributed by atoms with E-state index in [0.29, 0.717) is 12.4 Å². The van der Waals surface area contributed by atoms with Crippen molar-refractivity contribution in [2.75, 3.05) is 7.05 Å². The van der Waals surface area contributed by atoms with Crippen LogP contribution in [-0.2, 0) is 16.1 Å². The average Bonchev–Trinajstić information content (AvgIpc) is 2.99. The normalized spacial score (nSPS) is 21.7. The predicted octanol–water partition coefficient (Wildman–Crippen LogP) is 1.75. The zero-order valence-electron chi connectivity index (χ0n) is 14.3. The maximum atomic E-state index is 12.5. The topological polar surface area (TPSA) is 88.3 Å². The van der Waals surface area contributed by atoms with Crippen LogP contribution < -0.4 is 5.32 Å². The van der Waals surface area contributed by atoms with Gasteiger partial charge in [0, 0.05) is 24.4 Å². The molecular formula is C16H26N4O3. The number of nitrogens with one attached hydrogen (secondary N) is 1. The minimum atomic E-state index is -0.378. The van der Waals surface area contributed by atoms with Crippen molar-refractivity contribution in [2.24, 2.45) is 11.3 Å². The summed E-state index contributed by atoms with van der Waals surface area (Å²) in [4.78, 5) is 30.1. The summed E-state index contributed by atoms with van der Waals surface area (Å²) in [5.74, 6) is 0.693. The fourth-order valence-corrected chi connectivity index (χ4v) is 2.75. The standard InChI is InChI=1S/C16H26N4O3/c1-16(2,3)15(22)18-12-7-5-11(6-8-12)14(21)20(4)9-13-17-10-23-19-13/h10-12H,5-9H2,1-4H3,(H,18,22). The van der Waals surface area contributed by atoms with Crippen LogP contribution in [0.4, 0.5) is 0 Å². The molecule has 7 nitrogen and oxygen atoms in total. The second-order valence-corrected chi connectivity index (χ2v) is 7.31. The van der Waals surface area contributed by atoms with Crippen LogP contribution >= 0.6 is 0 Å². The van der Waals surface area contributed by atoms with E-state index in [9.17, 15) is 9.59 Å². The molecule has 2 amide bonds. The van der Waals surface area contributed by atoms with Gasteiger partial charge in [0.05, 0.1) is 6.54 Å². The van der Waals surface area contributed by atoms with Crippen LogP contribution in [0, 0.1) is 11.3 Å². The number of carbonyl (C=O) groups is 2. The number of amides is 2. The van der Waals surface area contributed by atoms with Gasteiger partial charge >= 0.3 is 0 Å². The van der Waals surface area contributed by atoms with Crippen LogP contribution in [0.5, 0.6) is 0 Å². The molecule has 1 aromatic rings. The average molecular weight is 322 g/mol. The predicted molar refractivity (Wildman–Crippen MR) is 84.1 cm³/mol. The van der Waals surface area contributed by atoms with Crippen molar-refractivity contribution in [2.45, 2.75) is 59.0 Å². The molecule has 1 aliphatic rings. The Morgan fingerprint density at radius 1 is 1.30 bits per heavy atom. The summed E-state index contributed by atoms with van der Waals surface area (Å²) in [6, 6.07) is 0.174. The first-order valence-electron chi connectivity index (χ1n) is 8.08. The van der Waals surface area contributed by atoms with Gasteiger partial charge in [-0.05, 0) is 25.7 Å². The zero-order chi connectivity index (χ0) is 17.0. The number of carbonyl (C=O) groups excluding carboxylic acids is 2. The molecule has 0 bridgehead atoms. The first-order chi connectivity index (χ1) is 10.8. The molecule has 0 unspecified atom stereocenters. The Hall–Kier alpha value is -1.92. The van der Waals surface area contributed by atoms with E-state index in [1.807, 2.05) is 20.8 Å². The van der Waals surface area contributed by atoms with Crippen molar-refractivity contribution in [1.29, 1.82) is 0 Å². The summed E-state index contributed by atoms with van der Waals surface area (Å²) in [7, 11) is 1.76. The molecule has 0 aliphatic heterocycles. The second-order valence-electron chi connectivity index (χ2n) is 7.31. The van der Waals surface area contributed by atoms with Crippen molar-refractivity contribution in [1.82, 2.24) is 20.4 Å². The summed E-state index contributed by atoms with van der Waals surface area (Å²) < 4.78 is 4.68. The molecule has 0 atom stereocenters. The van der Waals surface area contributed by atoms with Crippen molar-refractivity contribution in [3.8, 4) is 0 Å². The highest BCUT2D eigenvalue weighted by Crippen LogP contribution is 2.27. The van der Waals surface area contributed by atoms with Crippen LogP contribution in [-0.4, -0.2) is 39.9 Å². The maximum Gasteiger partial charge on any atom is 0.225 e. The van der Waals surface area contributed by atoms with E-state index in [1.165, 1.54) is 6.39 Å². The lowest BCUT2D eigenvalue weighted by atomic mass is 9.84. The highest BCUT2D eigenvalue weighted by atomic mass is 16.5. The highest BCUT2D eigenvalue weighted by Gasteiger charge is 2.31. The van der Waals surface area contributed by atoms with Gasteiger partial charge in [0.1, 0.15) is 0 Å². The Morgan fingerprint density at radius 2 is 1.96 bits per heavy atom. The largest absolute Gasteiger partial charge is 0.353 e. The van der Waals surface area contributed by atoms with Crippen molar-refractivity contribution in [3.05, 3.63) is 12.2 Å². The molecule has 1 aromatic heterocycles. The molecule has 0 saturated heterocycles. The van der Waals surface area contributed by atoms with E-state index in [1.54, 1.807) is 11.9 Å². The van der Waals surface area contributed by atoms with Crippen LogP contribution in [0.3, 0.4) is 0 Å². The van der Waals surface area contributed by atoms with Gasteiger partial charge in [-0.15, -0.1) is 0 Å². The fourth-order valence-electron chi connectivity index (χ4n) is 2.75. The molecular weight excluding hydrogens is 296 g/mol. The molecule has 0 radical (unpaired) electrons. The lowest BCUT2D eigenvalue weighted by Gasteiger charge is -2.32. The molecule has 1 fully saturated rings. The summed E-state index contributed by atoms with van der Waals surface area (Å²) in [6.07, 6.45) is 4.54. The lowest BCUT2D eigenvalue weighted by Crippen LogP contribution is -2.44. The molecule has 1 saturated carbocycles. The van der Waals surface area contributed by atoms with Gasteiger partial charge in [0.25, 0.3) is 0 Å². The quantitative estimate of drug-likeness (QED) is 0.912. The molecule has 2 rings (SSSR count). The minimum absolute atomic E-state index is 0.00897. The molecule has 7 heteroatoms. The monoisotopic (exact) mass is 322 g/mol. The molecule has 0 spiro atoms. The van der Waals surface area contributed by atoms with Gasteiger partial charge in [0.2, 0.25) is 18.2 Å². The highest BCUT2D eigenvalue weighted by molar-refractivity contribution is 5.81. The van der Waals surface area contributed by atoms with E-state index >= 15 is 0 Å². The van der Waals surface area contributed by atoms with Crippen molar-refractivity contribution < 1.29 is 14.1 Å². The first kappa shape index (κ1) is 17.4. The van der Waals surface area contributed by atoms with Crippen LogP contribution in [0.15, 0.2) is 10.9 Å². The number of hydrogen-bond donors (Lipinski definition) is 1. The Labute approximate surface area is 136 Å². The number of rotatable bonds is 4. The third kappa shape index (κ3) is 4.77. The summed E-state index contributed by atoms with van der Waals surface area (Å²) in [5, 5.41) is 6.81. The summed E-state index contributed by atoms with van der Waals surface area (Å²) in [6.45, 7) is 6.08. The van der Waals surface area contributed by atoms with Crippen molar-refractivity contribution >= 4 is 11.8 Å². The van der Waals surface area contributed by atoms with Gasteiger partial charge in [-0.25, -0.2) is 0 Å². The zero-order valence-corrected chi connectivity index (χ0v) is 14.3. The van der Waals surface area contributed by atoms with E-state index in [0.717, 1.165) is 25.7 Å². The SMILES string of the molecule is CN(Cc1ncon1)C(=O)C1CCC(NC(=O)C(C)(C)C)CC1. The molecule has 128 valence electrons.